The predicted octanol–water partition coefficient (Wildman–Crippen LogP) is -1.85. The van der Waals surface area contributed by atoms with Gasteiger partial charge in [0.25, 0.3) is 0 Å². The lowest BCUT2D eigenvalue weighted by Gasteiger charge is -2.29. The van der Waals surface area contributed by atoms with Crippen molar-refractivity contribution in [3.8, 4) is 12.3 Å². The van der Waals surface area contributed by atoms with E-state index in [2.05, 4.69) is 20.9 Å². The molecule has 1 saturated heterocycles. The third kappa shape index (κ3) is 1.94. The summed E-state index contributed by atoms with van der Waals surface area (Å²) in [5.74, 6) is 2.20. The number of nitrogens with zero attached hydrogens (tertiary/aromatic N) is 4. The summed E-state index contributed by atoms with van der Waals surface area (Å²) >= 11 is 0. The van der Waals surface area contributed by atoms with E-state index in [1.807, 2.05) is 0 Å². The van der Waals surface area contributed by atoms with Crippen LogP contribution < -0.4 is 5.73 Å². The molecule has 10 heteroatoms. The van der Waals surface area contributed by atoms with Gasteiger partial charge < -0.3 is 20.7 Å². The number of hydrogen-bond donors (Lipinski definition) is 3. The number of aliphatic hydroxyl groups is 2. The smallest absolute Gasteiger partial charge is 0.312 e. The molecule has 114 valence electrons. The number of nitrogen functional groups attached to an aromatic ring is 1. The zero-order valence-corrected chi connectivity index (χ0v) is 11.6. The third-order valence-corrected chi connectivity index (χ3v) is 3.83. The van der Waals surface area contributed by atoms with Gasteiger partial charge in [-0.2, -0.15) is 14.4 Å². The summed E-state index contributed by atoms with van der Waals surface area (Å²) in [6, 6.07) is -1.09. The van der Waals surface area contributed by atoms with Gasteiger partial charge in [-0.3, -0.25) is 4.57 Å². The van der Waals surface area contributed by atoms with Crippen molar-refractivity contribution in [1.29, 1.82) is 0 Å². The Hall–Kier alpha value is -2.22. The van der Waals surface area contributed by atoms with Gasteiger partial charge in [0.15, 0.2) is 22.6 Å². The topological polar surface area (TPSA) is 119 Å². The Bertz CT molecular complexity index is 776. The molecule has 2 aromatic heterocycles. The Morgan fingerprint density at radius 1 is 1.64 bits per heavy atom. The first kappa shape index (κ1) is 14.7. The van der Waals surface area contributed by atoms with Crippen LogP contribution in [0.5, 0.6) is 0 Å². The molecule has 0 radical (unpaired) electrons. The van der Waals surface area contributed by atoms with Crippen LogP contribution in [0.15, 0.2) is 6.33 Å². The number of hydrogen-bond acceptors (Lipinski definition) is 7. The summed E-state index contributed by atoms with van der Waals surface area (Å²) in [7, 11) is 1.43. The summed E-state index contributed by atoms with van der Waals surface area (Å²) in [5, 5.41) is 20.0. The second-order valence-electron chi connectivity index (χ2n) is 5.14. The van der Waals surface area contributed by atoms with Crippen LogP contribution in [0.1, 0.15) is 12.6 Å². The highest BCUT2D eigenvalue weighted by molar-refractivity contribution is 6.12. The number of imidazole rings is 1. The monoisotopic (exact) mass is 305 g/mol. The van der Waals surface area contributed by atoms with Gasteiger partial charge in [-0.25, -0.2) is 4.98 Å². The summed E-state index contributed by atoms with van der Waals surface area (Å²) in [4.78, 5) is 11.1. The molecule has 1 fully saturated rings. The Kier molecular flexibility index (Phi) is 3.28. The van der Waals surface area contributed by atoms with Crippen molar-refractivity contribution in [1.82, 2.24) is 19.5 Å². The summed E-state index contributed by atoms with van der Waals surface area (Å²) < 4.78 is 20.4. The van der Waals surface area contributed by atoms with Crippen LogP contribution in [0, 0.1) is 18.4 Å². The van der Waals surface area contributed by atoms with E-state index in [-0.39, 0.29) is 23.4 Å². The van der Waals surface area contributed by atoms with Gasteiger partial charge in [0.05, 0.1) is 12.3 Å². The van der Waals surface area contributed by atoms with E-state index in [4.69, 9.17) is 16.9 Å². The summed E-state index contributed by atoms with van der Waals surface area (Å²) in [6.45, 7) is 0. The van der Waals surface area contributed by atoms with Crippen molar-refractivity contribution in [3.05, 3.63) is 12.4 Å². The SMILES string of the molecule is BC(O)[C@@]1(C#C)O[C@@H](n2cnc3c(N)nc(F)nc32)C[C@@H]1O. The largest absolute Gasteiger partial charge is 0.398 e. The molecule has 4 N–H and O–H groups in total. The average Bonchev–Trinajstić information content (AvgIpc) is 3.00. The molecule has 1 aliphatic rings. The number of halogens is 1. The zero-order chi connectivity index (χ0) is 16.1. The van der Waals surface area contributed by atoms with Crippen LogP contribution >= 0.6 is 0 Å². The first-order chi connectivity index (χ1) is 10.4. The third-order valence-electron chi connectivity index (χ3n) is 3.83. The van der Waals surface area contributed by atoms with Gasteiger partial charge >= 0.3 is 6.08 Å². The minimum Gasteiger partial charge on any atom is -0.398 e. The van der Waals surface area contributed by atoms with E-state index < -0.39 is 30.0 Å². The van der Waals surface area contributed by atoms with Crippen molar-refractivity contribution in [2.45, 2.75) is 30.4 Å². The highest BCUT2D eigenvalue weighted by Gasteiger charge is 2.51. The maximum absolute atomic E-state index is 13.4. The number of terminal acetylenes is 1. The van der Waals surface area contributed by atoms with E-state index in [0.29, 0.717) is 0 Å². The maximum atomic E-state index is 13.4. The first-order valence-electron chi connectivity index (χ1n) is 6.56. The number of nitrogens with two attached hydrogens (primary N) is 1. The van der Waals surface area contributed by atoms with Gasteiger partial charge in [0, 0.05) is 6.42 Å². The lowest BCUT2D eigenvalue weighted by atomic mass is 9.80. The van der Waals surface area contributed by atoms with Gasteiger partial charge in [-0.05, 0) is 0 Å². The number of anilines is 1. The molecule has 3 heterocycles. The fourth-order valence-corrected chi connectivity index (χ4v) is 2.64. The summed E-state index contributed by atoms with van der Waals surface area (Å²) in [5.41, 5.74) is 4.39. The van der Waals surface area contributed by atoms with Crippen LogP contribution in [0.25, 0.3) is 11.2 Å². The van der Waals surface area contributed by atoms with Gasteiger partial charge in [0.1, 0.15) is 20.2 Å². The minimum absolute atomic E-state index is 0.0894. The lowest BCUT2D eigenvalue weighted by Crippen LogP contribution is -2.49. The quantitative estimate of drug-likeness (QED) is 0.338. The Labute approximate surface area is 125 Å². The summed E-state index contributed by atoms with van der Waals surface area (Å²) in [6.07, 6.45) is 3.99. The molecule has 22 heavy (non-hydrogen) atoms. The van der Waals surface area contributed by atoms with Crippen LogP contribution in [0.3, 0.4) is 0 Å². The van der Waals surface area contributed by atoms with Crippen LogP contribution in [-0.4, -0.2) is 55.3 Å². The van der Waals surface area contributed by atoms with Gasteiger partial charge in [-0.15, -0.1) is 6.42 Å². The molecular formula is C12H13BFN5O3. The zero-order valence-electron chi connectivity index (χ0n) is 11.6. The molecule has 0 aromatic carbocycles. The number of fused-ring (bicyclic) bond motifs is 1. The molecule has 0 bridgehead atoms. The van der Waals surface area contributed by atoms with Gasteiger partial charge in [-0.1, -0.05) is 5.92 Å². The Morgan fingerprint density at radius 2 is 2.36 bits per heavy atom. The van der Waals surface area contributed by atoms with Crippen LogP contribution in [0.4, 0.5) is 10.2 Å². The fourth-order valence-electron chi connectivity index (χ4n) is 2.64. The second kappa shape index (κ2) is 4.91. The highest BCUT2D eigenvalue weighted by atomic mass is 19.1. The van der Waals surface area contributed by atoms with Crippen molar-refractivity contribution in [2.75, 3.05) is 5.73 Å². The highest BCUT2D eigenvalue weighted by Crippen LogP contribution is 2.39. The van der Waals surface area contributed by atoms with Gasteiger partial charge in [0.2, 0.25) is 0 Å². The van der Waals surface area contributed by atoms with Crippen LogP contribution in [0.2, 0.25) is 0 Å². The number of aromatic nitrogens is 4. The molecule has 0 amide bonds. The van der Waals surface area contributed by atoms with Crippen molar-refractivity contribution in [2.24, 2.45) is 0 Å². The fraction of sp³-hybridized carbons (Fsp3) is 0.417. The Morgan fingerprint density at radius 3 is 2.95 bits per heavy atom. The van der Waals surface area contributed by atoms with E-state index in [9.17, 15) is 14.6 Å². The molecular weight excluding hydrogens is 292 g/mol. The molecule has 1 unspecified atom stereocenters. The van der Waals surface area contributed by atoms with E-state index in [1.165, 1.54) is 18.7 Å². The molecule has 0 saturated carbocycles. The van der Waals surface area contributed by atoms with Crippen molar-refractivity contribution >= 4 is 24.8 Å². The second-order valence-corrected chi connectivity index (χ2v) is 5.14. The average molecular weight is 305 g/mol. The predicted molar refractivity (Wildman–Crippen MR) is 76.6 cm³/mol. The minimum atomic E-state index is -1.54. The molecule has 0 aliphatic carbocycles. The maximum Gasteiger partial charge on any atom is 0.312 e. The molecule has 8 nitrogen and oxygen atoms in total. The van der Waals surface area contributed by atoms with E-state index in [1.54, 1.807) is 0 Å². The Balaban J connectivity index is 2.06. The molecule has 1 aliphatic heterocycles. The first-order valence-corrected chi connectivity index (χ1v) is 6.56. The normalized spacial score (nSPS) is 29.5. The molecule has 2 aromatic rings. The molecule has 3 rings (SSSR count). The molecule has 4 atom stereocenters. The number of ether oxygens (including phenoxy) is 1. The van der Waals surface area contributed by atoms with E-state index in [0.717, 1.165) is 0 Å². The van der Waals surface area contributed by atoms with Crippen LogP contribution in [-0.2, 0) is 4.74 Å². The standard InChI is InChI=1S/C12H13BFN5O3/c1-2-12(10(13)21)5(20)3-6(22-12)19-4-16-7-8(15)17-11(14)18-9(7)19/h1,4-6,10,20-21H,3,13H2,(H2,15,17,18)/t5-,6+,10?,12-/m0/s1. The van der Waals surface area contributed by atoms with Crippen molar-refractivity contribution in [3.63, 3.8) is 0 Å². The molecule has 0 spiro atoms. The van der Waals surface area contributed by atoms with E-state index >= 15 is 0 Å². The lowest BCUT2D eigenvalue weighted by molar-refractivity contribution is -0.103. The number of aliphatic hydroxyl groups excluding tert-OH is 2. The van der Waals surface area contributed by atoms with Crippen molar-refractivity contribution < 1.29 is 19.3 Å². The number of rotatable bonds is 2.